The second kappa shape index (κ2) is 5.58. The molecule has 2 fully saturated rings. The zero-order valence-corrected chi connectivity index (χ0v) is 12.9. The maximum Gasteiger partial charge on any atom is 0.327 e. The quantitative estimate of drug-likeness (QED) is 0.927. The smallest absolute Gasteiger partial charge is 0.327 e. The van der Waals surface area contributed by atoms with E-state index in [2.05, 4.69) is 0 Å². The van der Waals surface area contributed by atoms with Crippen LogP contribution in [0.25, 0.3) is 0 Å². The molecule has 2 aliphatic rings. The number of carbonyl (C=O) groups is 2. The molecule has 1 aliphatic heterocycles. The minimum absolute atomic E-state index is 0.0163. The number of nitrogens with zero attached hydrogens (tertiary/aromatic N) is 1. The number of likely N-dealkylation sites (tertiary alicyclic amines) is 1. The fourth-order valence-electron chi connectivity index (χ4n) is 3.82. The third-order valence-corrected chi connectivity index (χ3v) is 5.25. The number of benzene rings is 1. The van der Waals surface area contributed by atoms with Crippen LogP contribution < -0.4 is 0 Å². The van der Waals surface area contributed by atoms with E-state index in [0.717, 1.165) is 31.4 Å². The third kappa shape index (κ3) is 2.60. The van der Waals surface area contributed by atoms with Crippen molar-refractivity contribution in [2.45, 2.75) is 44.6 Å². The van der Waals surface area contributed by atoms with Gasteiger partial charge >= 0.3 is 5.97 Å². The largest absolute Gasteiger partial charge is 0.480 e. The molecule has 4 nitrogen and oxygen atoms in total. The number of amides is 1. The van der Waals surface area contributed by atoms with Crippen molar-refractivity contribution in [3.63, 3.8) is 0 Å². The van der Waals surface area contributed by atoms with Gasteiger partial charge in [-0.2, -0.15) is 0 Å². The maximum absolute atomic E-state index is 13.8. The molecular formula is C17H19F2NO3. The molecule has 23 heavy (non-hydrogen) atoms. The van der Waals surface area contributed by atoms with Crippen LogP contribution in [0.15, 0.2) is 18.2 Å². The van der Waals surface area contributed by atoms with Gasteiger partial charge in [0.1, 0.15) is 17.7 Å². The summed E-state index contributed by atoms with van der Waals surface area (Å²) in [5.41, 5.74) is 0.0248. The Morgan fingerprint density at radius 3 is 2.61 bits per heavy atom. The van der Waals surface area contributed by atoms with Crippen LogP contribution in [0.1, 0.15) is 44.1 Å². The van der Waals surface area contributed by atoms with Gasteiger partial charge in [0.05, 0.1) is 0 Å². The molecule has 1 heterocycles. The summed E-state index contributed by atoms with van der Waals surface area (Å²) >= 11 is 0. The first-order chi connectivity index (χ1) is 10.8. The number of carbonyl (C=O) groups excluding carboxylic acids is 1. The Kier molecular flexibility index (Phi) is 3.86. The predicted octanol–water partition coefficient (Wildman–Crippen LogP) is 2.92. The first kappa shape index (κ1) is 15.9. The van der Waals surface area contributed by atoms with E-state index in [0.29, 0.717) is 6.54 Å². The summed E-state index contributed by atoms with van der Waals surface area (Å²) in [6.07, 6.45) is 2.71. The van der Waals surface area contributed by atoms with Crippen molar-refractivity contribution >= 4 is 11.9 Å². The van der Waals surface area contributed by atoms with Crippen LogP contribution in [0, 0.1) is 17.0 Å². The normalized spacial score (nSPS) is 23.1. The Morgan fingerprint density at radius 1 is 1.39 bits per heavy atom. The van der Waals surface area contributed by atoms with Gasteiger partial charge in [0.25, 0.3) is 0 Å². The molecule has 3 rings (SSSR count). The number of carboxylic acid groups (broad SMARTS) is 1. The molecule has 0 bridgehead atoms. The van der Waals surface area contributed by atoms with Crippen LogP contribution in [0.2, 0.25) is 0 Å². The number of aliphatic carboxylic acids is 1. The van der Waals surface area contributed by atoms with Crippen LogP contribution in [-0.4, -0.2) is 34.5 Å². The molecule has 124 valence electrons. The average Bonchev–Trinajstić information content (AvgIpc) is 2.34. The van der Waals surface area contributed by atoms with E-state index >= 15 is 0 Å². The molecule has 1 amide bonds. The van der Waals surface area contributed by atoms with Crippen LogP contribution in [0.4, 0.5) is 8.78 Å². The van der Waals surface area contributed by atoms with Gasteiger partial charge in [-0.15, -0.1) is 0 Å². The lowest BCUT2D eigenvalue weighted by molar-refractivity contribution is -0.186. The van der Waals surface area contributed by atoms with E-state index in [4.69, 9.17) is 0 Å². The van der Waals surface area contributed by atoms with Crippen LogP contribution in [-0.2, 0) is 9.59 Å². The maximum atomic E-state index is 13.8. The van der Waals surface area contributed by atoms with Crippen molar-refractivity contribution in [3.8, 4) is 0 Å². The van der Waals surface area contributed by atoms with Gasteiger partial charge in [-0.25, -0.2) is 13.6 Å². The van der Waals surface area contributed by atoms with Gasteiger partial charge in [-0.05, 0) is 30.4 Å². The molecule has 1 aromatic rings. The van der Waals surface area contributed by atoms with Crippen LogP contribution >= 0.6 is 0 Å². The second-order valence-electron chi connectivity index (χ2n) is 6.75. The lowest BCUT2D eigenvalue weighted by atomic mass is 9.58. The van der Waals surface area contributed by atoms with E-state index in [9.17, 15) is 23.5 Å². The zero-order valence-electron chi connectivity index (χ0n) is 12.9. The average molecular weight is 323 g/mol. The molecule has 0 aromatic heterocycles. The van der Waals surface area contributed by atoms with Gasteiger partial charge in [0, 0.05) is 24.4 Å². The number of rotatable bonds is 4. The third-order valence-electron chi connectivity index (χ3n) is 5.25. The van der Waals surface area contributed by atoms with E-state index in [1.807, 2.05) is 0 Å². The lowest BCUT2D eigenvalue weighted by Crippen LogP contribution is -2.71. The molecule has 0 radical (unpaired) electrons. The van der Waals surface area contributed by atoms with Gasteiger partial charge in [-0.1, -0.05) is 19.4 Å². The minimum atomic E-state index is -0.968. The van der Waals surface area contributed by atoms with Crippen molar-refractivity contribution in [2.24, 2.45) is 5.41 Å². The molecule has 1 saturated heterocycles. The highest BCUT2D eigenvalue weighted by molar-refractivity contribution is 5.87. The second-order valence-corrected chi connectivity index (χ2v) is 6.75. The van der Waals surface area contributed by atoms with E-state index < -0.39 is 29.6 Å². The molecule has 1 N–H and O–H groups in total. The van der Waals surface area contributed by atoms with Gasteiger partial charge in [0.15, 0.2) is 0 Å². The molecule has 1 aromatic carbocycles. The number of hydrogen-bond acceptors (Lipinski definition) is 2. The Hall–Kier alpha value is -1.98. The first-order valence-corrected chi connectivity index (χ1v) is 7.81. The van der Waals surface area contributed by atoms with E-state index in [1.165, 1.54) is 11.0 Å². The summed E-state index contributed by atoms with van der Waals surface area (Å²) < 4.78 is 26.7. The Morgan fingerprint density at radius 2 is 2.09 bits per heavy atom. The highest BCUT2D eigenvalue weighted by Crippen LogP contribution is 2.53. The van der Waals surface area contributed by atoms with Crippen molar-refractivity contribution in [3.05, 3.63) is 35.4 Å². The summed E-state index contributed by atoms with van der Waals surface area (Å²) in [6, 6.07) is 2.53. The van der Waals surface area contributed by atoms with Crippen molar-refractivity contribution < 1.29 is 23.5 Å². The van der Waals surface area contributed by atoms with Gasteiger partial charge in [-0.3, -0.25) is 4.79 Å². The molecule has 1 aliphatic carbocycles. The van der Waals surface area contributed by atoms with Crippen molar-refractivity contribution in [1.29, 1.82) is 0 Å². The van der Waals surface area contributed by atoms with Gasteiger partial charge in [0.2, 0.25) is 5.91 Å². The summed E-state index contributed by atoms with van der Waals surface area (Å²) in [5, 5.41) is 9.38. The Bertz CT molecular complexity index is 657. The summed E-state index contributed by atoms with van der Waals surface area (Å²) in [4.78, 5) is 25.2. The SMILES string of the molecule is CC(CC(=O)N1CC2(CCC2)C1C(=O)O)c1ccc(F)cc1F. The minimum Gasteiger partial charge on any atom is -0.480 e. The predicted molar refractivity (Wildman–Crippen MR) is 78.8 cm³/mol. The van der Waals surface area contributed by atoms with E-state index in [1.54, 1.807) is 6.92 Å². The van der Waals surface area contributed by atoms with Crippen molar-refractivity contribution in [1.82, 2.24) is 4.90 Å². The van der Waals surface area contributed by atoms with Gasteiger partial charge < -0.3 is 10.0 Å². The van der Waals surface area contributed by atoms with Crippen LogP contribution in [0.5, 0.6) is 0 Å². The molecule has 2 atom stereocenters. The number of halogens is 2. The molecule has 6 heteroatoms. The summed E-state index contributed by atoms with van der Waals surface area (Å²) in [7, 11) is 0. The molecule has 1 saturated carbocycles. The summed E-state index contributed by atoms with van der Waals surface area (Å²) in [6.45, 7) is 2.16. The number of carboxylic acids is 1. The molecule has 1 spiro atoms. The fraction of sp³-hybridized carbons (Fsp3) is 0.529. The standard InChI is InChI=1S/C17H19F2NO3/c1-10(12-4-3-11(18)8-13(12)19)7-14(21)20-9-17(5-2-6-17)15(20)16(22)23/h3-4,8,10,15H,2,5-7,9H2,1H3,(H,22,23). The lowest BCUT2D eigenvalue weighted by Gasteiger charge is -2.60. The fourth-order valence-corrected chi connectivity index (χ4v) is 3.82. The van der Waals surface area contributed by atoms with Crippen LogP contribution in [0.3, 0.4) is 0 Å². The highest BCUT2D eigenvalue weighted by atomic mass is 19.1. The first-order valence-electron chi connectivity index (χ1n) is 7.81. The monoisotopic (exact) mass is 323 g/mol. The topological polar surface area (TPSA) is 57.6 Å². The summed E-state index contributed by atoms with van der Waals surface area (Å²) in [5.74, 6) is -3.03. The van der Waals surface area contributed by atoms with E-state index in [-0.39, 0.29) is 23.3 Å². The van der Waals surface area contributed by atoms with Crippen molar-refractivity contribution in [2.75, 3.05) is 6.54 Å². The number of hydrogen-bond donors (Lipinski definition) is 1. The Balaban J connectivity index is 1.68. The highest BCUT2D eigenvalue weighted by Gasteiger charge is 2.60. The molecular weight excluding hydrogens is 304 g/mol. The Labute approximate surface area is 133 Å². The zero-order chi connectivity index (χ0) is 16.8. The molecule has 2 unspecified atom stereocenters.